The zero-order chi connectivity index (χ0) is 14.5. The first-order chi connectivity index (χ1) is 9.60. The summed E-state index contributed by atoms with van der Waals surface area (Å²) < 4.78 is 10.0. The highest BCUT2D eigenvalue weighted by Gasteiger charge is 2.21. The smallest absolute Gasteiger partial charge is 0.249 e. The van der Waals surface area contributed by atoms with E-state index in [4.69, 9.17) is 15.2 Å². The van der Waals surface area contributed by atoms with Crippen LogP contribution < -0.4 is 15.8 Å². The molecule has 0 aliphatic carbocycles. The summed E-state index contributed by atoms with van der Waals surface area (Å²) in [6.45, 7) is 0.889. The van der Waals surface area contributed by atoms with Crippen molar-refractivity contribution in [2.75, 3.05) is 44.5 Å². The number of anilines is 2. The van der Waals surface area contributed by atoms with Crippen molar-refractivity contribution >= 4 is 23.2 Å². The van der Waals surface area contributed by atoms with Gasteiger partial charge in [-0.1, -0.05) is 0 Å². The van der Waals surface area contributed by atoms with Crippen molar-refractivity contribution in [1.29, 1.82) is 0 Å². The molecule has 7 nitrogen and oxygen atoms in total. The molecule has 0 atom stereocenters. The number of hydrogen-bond acceptors (Lipinski definition) is 5. The summed E-state index contributed by atoms with van der Waals surface area (Å²) in [6.07, 6.45) is 0. The lowest BCUT2D eigenvalue weighted by molar-refractivity contribution is -0.144. The fourth-order valence-corrected chi connectivity index (χ4v) is 1.86. The van der Waals surface area contributed by atoms with E-state index < -0.39 is 0 Å². The highest BCUT2D eigenvalue weighted by atomic mass is 16.5. The molecule has 7 heteroatoms. The lowest BCUT2D eigenvalue weighted by Crippen LogP contribution is -2.45. The van der Waals surface area contributed by atoms with E-state index in [0.717, 1.165) is 0 Å². The second-order valence-corrected chi connectivity index (χ2v) is 4.37. The molecule has 108 valence electrons. The monoisotopic (exact) mass is 279 g/mol. The summed E-state index contributed by atoms with van der Waals surface area (Å²) in [4.78, 5) is 24.9. The van der Waals surface area contributed by atoms with Crippen LogP contribution in [0.4, 0.5) is 11.4 Å². The molecule has 20 heavy (non-hydrogen) atoms. The second kappa shape index (κ2) is 6.25. The van der Waals surface area contributed by atoms with Crippen LogP contribution in [0.25, 0.3) is 0 Å². The van der Waals surface area contributed by atoms with Gasteiger partial charge in [-0.15, -0.1) is 0 Å². The van der Waals surface area contributed by atoms with E-state index in [1.165, 1.54) is 12.0 Å². The molecule has 1 saturated heterocycles. The van der Waals surface area contributed by atoms with Gasteiger partial charge in [0.1, 0.15) is 18.9 Å². The molecule has 1 aliphatic rings. The average molecular weight is 279 g/mol. The number of nitrogen functional groups attached to an aromatic ring is 1. The SMILES string of the molecule is COc1ccc(NC(=O)CN2CCOCC2=O)c(N)c1. The fourth-order valence-electron chi connectivity index (χ4n) is 1.86. The summed E-state index contributed by atoms with van der Waals surface area (Å²) in [5.41, 5.74) is 6.72. The van der Waals surface area contributed by atoms with Crippen LogP contribution in [0.3, 0.4) is 0 Å². The van der Waals surface area contributed by atoms with Crippen LogP contribution in [0.5, 0.6) is 5.75 Å². The molecule has 0 bridgehead atoms. The number of ether oxygens (including phenoxy) is 2. The van der Waals surface area contributed by atoms with E-state index in [2.05, 4.69) is 5.32 Å². The number of nitrogens with zero attached hydrogens (tertiary/aromatic N) is 1. The number of morpholine rings is 1. The molecule has 1 aromatic carbocycles. The maximum atomic E-state index is 11.9. The third-order valence-electron chi connectivity index (χ3n) is 2.95. The topological polar surface area (TPSA) is 93.9 Å². The van der Waals surface area contributed by atoms with Gasteiger partial charge in [-0.25, -0.2) is 0 Å². The Bertz CT molecular complexity index is 518. The molecule has 0 saturated carbocycles. The number of methoxy groups -OCH3 is 1. The molecule has 1 heterocycles. The molecule has 1 fully saturated rings. The summed E-state index contributed by atoms with van der Waals surface area (Å²) in [5, 5.41) is 2.68. The zero-order valence-corrected chi connectivity index (χ0v) is 11.2. The molecule has 2 rings (SSSR count). The first-order valence-electron chi connectivity index (χ1n) is 6.19. The van der Waals surface area contributed by atoms with Crippen molar-refractivity contribution < 1.29 is 19.1 Å². The minimum Gasteiger partial charge on any atom is -0.497 e. The molecule has 2 amide bonds. The van der Waals surface area contributed by atoms with Gasteiger partial charge in [0.15, 0.2) is 0 Å². The van der Waals surface area contributed by atoms with Gasteiger partial charge in [0, 0.05) is 12.6 Å². The van der Waals surface area contributed by atoms with Crippen LogP contribution in [-0.2, 0) is 14.3 Å². The van der Waals surface area contributed by atoms with Crippen molar-refractivity contribution in [1.82, 2.24) is 4.90 Å². The van der Waals surface area contributed by atoms with Crippen LogP contribution in [-0.4, -0.2) is 50.1 Å². The second-order valence-electron chi connectivity index (χ2n) is 4.37. The van der Waals surface area contributed by atoms with E-state index in [-0.39, 0.29) is 25.0 Å². The summed E-state index contributed by atoms with van der Waals surface area (Å²) >= 11 is 0. The lowest BCUT2D eigenvalue weighted by Gasteiger charge is -2.26. The highest BCUT2D eigenvalue weighted by molar-refractivity contribution is 5.97. The number of rotatable bonds is 4. The van der Waals surface area contributed by atoms with Crippen LogP contribution in [0, 0.1) is 0 Å². The highest BCUT2D eigenvalue weighted by Crippen LogP contribution is 2.23. The first kappa shape index (κ1) is 14.1. The van der Waals surface area contributed by atoms with Gasteiger partial charge in [-0.05, 0) is 12.1 Å². The minimum atomic E-state index is -0.294. The third kappa shape index (κ3) is 3.39. The average Bonchev–Trinajstić information content (AvgIpc) is 2.43. The Morgan fingerprint density at radius 3 is 3.00 bits per heavy atom. The predicted molar refractivity (Wildman–Crippen MR) is 73.4 cm³/mol. The maximum Gasteiger partial charge on any atom is 0.249 e. The number of carbonyl (C=O) groups excluding carboxylic acids is 2. The number of nitrogens with one attached hydrogen (secondary N) is 1. The van der Waals surface area contributed by atoms with Crippen molar-refractivity contribution in [2.45, 2.75) is 0 Å². The molecule has 1 aliphatic heterocycles. The van der Waals surface area contributed by atoms with Crippen molar-refractivity contribution in [2.24, 2.45) is 0 Å². The molecule has 0 aromatic heterocycles. The summed E-state index contributed by atoms with van der Waals surface area (Å²) in [6, 6.07) is 4.98. The molecule has 0 spiro atoms. The molecule has 0 radical (unpaired) electrons. The van der Waals surface area contributed by atoms with E-state index >= 15 is 0 Å². The van der Waals surface area contributed by atoms with Crippen LogP contribution >= 0.6 is 0 Å². The molecule has 3 N–H and O–H groups in total. The number of benzene rings is 1. The third-order valence-corrected chi connectivity index (χ3v) is 2.95. The van der Waals surface area contributed by atoms with Gasteiger partial charge in [0.2, 0.25) is 11.8 Å². The van der Waals surface area contributed by atoms with Crippen molar-refractivity contribution in [3.63, 3.8) is 0 Å². The summed E-state index contributed by atoms with van der Waals surface area (Å²) in [5.74, 6) is 0.134. The van der Waals surface area contributed by atoms with Gasteiger partial charge in [-0.2, -0.15) is 0 Å². The zero-order valence-electron chi connectivity index (χ0n) is 11.2. The first-order valence-corrected chi connectivity index (χ1v) is 6.19. The van der Waals surface area contributed by atoms with E-state index in [1.54, 1.807) is 18.2 Å². The molecular weight excluding hydrogens is 262 g/mol. The molecular formula is C13H17N3O4. The Balaban J connectivity index is 1.95. The molecule has 1 aromatic rings. The van der Waals surface area contributed by atoms with Crippen molar-refractivity contribution in [3.8, 4) is 5.75 Å². The summed E-state index contributed by atoms with van der Waals surface area (Å²) in [7, 11) is 1.54. The Morgan fingerprint density at radius 2 is 2.35 bits per heavy atom. The number of nitrogens with two attached hydrogens (primary N) is 1. The fraction of sp³-hybridized carbons (Fsp3) is 0.385. The van der Waals surface area contributed by atoms with E-state index in [0.29, 0.717) is 30.3 Å². The normalized spacial score (nSPS) is 15.1. The Morgan fingerprint density at radius 1 is 1.55 bits per heavy atom. The number of carbonyl (C=O) groups is 2. The lowest BCUT2D eigenvalue weighted by atomic mass is 10.2. The van der Waals surface area contributed by atoms with E-state index in [9.17, 15) is 9.59 Å². The van der Waals surface area contributed by atoms with Crippen molar-refractivity contribution in [3.05, 3.63) is 18.2 Å². The van der Waals surface area contributed by atoms with Gasteiger partial charge in [0.25, 0.3) is 0 Å². The number of hydrogen-bond donors (Lipinski definition) is 2. The number of amides is 2. The van der Waals surface area contributed by atoms with E-state index in [1.807, 2.05) is 0 Å². The minimum absolute atomic E-state index is 0.00629. The Kier molecular flexibility index (Phi) is 4.41. The van der Waals surface area contributed by atoms with Crippen LogP contribution in [0.15, 0.2) is 18.2 Å². The largest absolute Gasteiger partial charge is 0.497 e. The van der Waals surface area contributed by atoms with Gasteiger partial charge in [0.05, 0.1) is 25.1 Å². The van der Waals surface area contributed by atoms with Crippen LogP contribution in [0.1, 0.15) is 0 Å². The van der Waals surface area contributed by atoms with Gasteiger partial charge < -0.3 is 25.4 Å². The Labute approximate surface area is 116 Å². The Hall–Kier alpha value is -2.28. The molecule has 0 unspecified atom stereocenters. The standard InChI is InChI=1S/C13H17N3O4/c1-19-9-2-3-11(10(14)6-9)15-12(17)7-16-4-5-20-8-13(16)18/h2-3,6H,4-5,7-8,14H2,1H3,(H,15,17). The van der Waals surface area contributed by atoms with Crippen LogP contribution in [0.2, 0.25) is 0 Å². The maximum absolute atomic E-state index is 11.9. The quantitative estimate of drug-likeness (QED) is 0.761. The van der Waals surface area contributed by atoms with Gasteiger partial charge >= 0.3 is 0 Å². The predicted octanol–water partition coefficient (Wildman–Crippen LogP) is 0.0747. The van der Waals surface area contributed by atoms with Gasteiger partial charge in [-0.3, -0.25) is 9.59 Å².